The first-order valence-electron chi connectivity index (χ1n) is 13.5. The number of terminal acetylenes is 1. The number of fused-ring (bicyclic) bond motifs is 1. The minimum atomic E-state index is -0.472. The van der Waals surface area contributed by atoms with Crippen LogP contribution in [-0.4, -0.2) is 62.8 Å². The van der Waals surface area contributed by atoms with Gasteiger partial charge in [-0.25, -0.2) is 9.36 Å². The second-order valence-corrected chi connectivity index (χ2v) is 11.1. The third-order valence-electron chi connectivity index (χ3n) is 7.42. The molecule has 10 heteroatoms. The quantitative estimate of drug-likeness (QED) is 0.202. The Bertz CT molecular complexity index is 1580. The minimum Gasteiger partial charge on any atom is -0.479 e. The summed E-state index contributed by atoms with van der Waals surface area (Å²) in [4.78, 5) is 14.8. The Kier molecular flexibility index (Phi) is 7.67. The number of aromatic nitrogens is 4. The number of halogens is 1. The molecule has 2 saturated heterocycles. The fourth-order valence-electron chi connectivity index (χ4n) is 5.33. The summed E-state index contributed by atoms with van der Waals surface area (Å²) >= 11 is 2.22. The SMILES string of the molecule is C#Cc1nn(C2CCCCO2)c2ccc(-c3cnn(C)c3OCCN3CCC(Oc4ccccc4I)C3=O)cc12. The zero-order valence-corrected chi connectivity index (χ0v) is 24.4. The summed E-state index contributed by atoms with van der Waals surface area (Å²) in [6.07, 6.45) is 10.8. The summed E-state index contributed by atoms with van der Waals surface area (Å²) < 4.78 is 22.8. The molecule has 40 heavy (non-hydrogen) atoms. The van der Waals surface area contributed by atoms with Gasteiger partial charge in [0.2, 0.25) is 5.88 Å². The maximum absolute atomic E-state index is 13.0. The van der Waals surface area contributed by atoms with Crippen LogP contribution < -0.4 is 9.47 Å². The van der Waals surface area contributed by atoms with E-state index in [1.165, 1.54) is 0 Å². The molecular weight excluding hydrogens is 621 g/mol. The topological polar surface area (TPSA) is 83.6 Å². The number of nitrogens with zero attached hydrogens (tertiary/aromatic N) is 5. The number of carbonyl (C=O) groups excluding carboxylic acids is 1. The van der Waals surface area contributed by atoms with E-state index >= 15 is 0 Å². The lowest BCUT2D eigenvalue weighted by Gasteiger charge is -2.23. The van der Waals surface area contributed by atoms with Crippen LogP contribution in [0.2, 0.25) is 0 Å². The molecule has 0 aliphatic carbocycles. The number of carbonyl (C=O) groups is 1. The standard InChI is InChI=1S/C30H30IN5O4/c1-3-24-21-18-20(11-12-25(21)36(33-24)28-10-6-7-16-38-28)22-19-32-34(2)30(22)39-17-15-35-14-13-27(29(35)37)40-26-9-5-4-8-23(26)31/h1,4-5,8-9,11-12,18-19,27-28H,6-7,10,13-17H2,2H3. The van der Waals surface area contributed by atoms with Crippen LogP contribution in [0.3, 0.4) is 0 Å². The van der Waals surface area contributed by atoms with Crippen molar-refractivity contribution >= 4 is 39.4 Å². The Balaban J connectivity index is 1.15. The minimum absolute atomic E-state index is 0.0142. The molecule has 0 spiro atoms. The predicted molar refractivity (Wildman–Crippen MR) is 159 cm³/mol. The lowest BCUT2D eigenvalue weighted by atomic mass is 10.1. The van der Waals surface area contributed by atoms with Crippen molar-refractivity contribution in [3.8, 4) is 35.1 Å². The fraction of sp³-hybridized carbons (Fsp3) is 0.367. The summed E-state index contributed by atoms with van der Waals surface area (Å²) in [6, 6.07) is 13.8. The molecule has 2 aliphatic rings. The molecule has 2 aromatic carbocycles. The Morgan fingerprint density at radius 1 is 1.20 bits per heavy atom. The third kappa shape index (κ3) is 5.15. The monoisotopic (exact) mass is 651 g/mol. The first kappa shape index (κ1) is 26.7. The maximum atomic E-state index is 13.0. The summed E-state index contributed by atoms with van der Waals surface area (Å²) in [5.41, 5.74) is 3.32. The number of benzene rings is 2. The van der Waals surface area contributed by atoms with Crippen LogP contribution in [-0.2, 0) is 16.6 Å². The zero-order chi connectivity index (χ0) is 27.6. The Morgan fingerprint density at radius 2 is 2.08 bits per heavy atom. The van der Waals surface area contributed by atoms with Crippen LogP contribution in [0, 0.1) is 15.9 Å². The lowest BCUT2D eigenvalue weighted by Crippen LogP contribution is -2.35. The van der Waals surface area contributed by atoms with Crippen molar-refractivity contribution in [2.75, 3.05) is 26.3 Å². The van der Waals surface area contributed by atoms with Gasteiger partial charge in [-0.1, -0.05) is 18.2 Å². The lowest BCUT2D eigenvalue weighted by molar-refractivity contribution is -0.133. The molecule has 4 aromatic rings. The van der Waals surface area contributed by atoms with Gasteiger partial charge in [0.1, 0.15) is 18.1 Å². The second-order valence-electron chi connectivity index (χ2n) is 9.98. The Labute approximate surface area is 246 Å². The number of aryl methyl sites for hydroxylation is 1. The van der Waals surface area contributed by atoms with Crippen LogP contribution in [0.1, 0.15) is 37.6 Å². The number of amides is 1. The number of para-hydroxylation sites is 1. The molecule has 6 rings (SSSR count). The maximum Gasteiger partial charge on any atom is 0.263 e. The van der Waals surface area contributed by atoms with E-state index in [0.717, 1.165) is 57.2 Å². The van der Waals surface area contributed by atoms with Crippen molar-refractivity contribution in [3.63, 3.8) is 0 Å². The molecule has 206 valence electrons. The average Bonchev–Trinajstić information content (AvgIpc) is 3.65. The summed E-state index contributed by atoms with van der Waals surface area (Å²) in [5, 5.41) is 10.0. The summed E-state index contributed by atoms with van der Waals surface area (Å²) in [5.74, 6) is 4.08. The van der Waals surface area contributed by atoms with Gasteiger partial charge >= 0.3 is 0 Å². The smallest absolute Gasteiger partial charge is 0.263 e. The van der Waals surface area contributed by atoms with Crippen molar-refractivity contribution in [1.82, 2.24) is 24.5 Å². The van der Waals surface area contributed by atoms with Crippen LogP contribution in [0.5, 0.6) is 11.6 Å². The fourth-order valence-corrected chi connectivity index (χ4v) is 5.85. The van der Waals surface area contributed by atoms with Gasteiger partial charge in [-0.15, -0.1) is 6.42 Å². The van der Waals surface area contributed by atoms with Gasteiger partial charge in [0.15, 0.2) is 12.3 Å². The van der Waals surface area contributed by atoms with Gasteiger partial charge in [-0.3, -0.25) is 4.79 Å². The molecule has 0 saturated carbocycles. The first-order chi connectivity index (χ1) is 19.5. The Hall–Kier alpha value is -3.56. The van der Waals surface area contributed by atoms with Gasteiger partial charge in [0.05, 0.1) is 27.4 Å². The number of hydrogen-bond acceptors (Lipinski definition) is 6. The van der Waals surface area contributed by atoms with Crippen molar-refractivity contribution in [2.24, 2.45) is 7.05 Å². The molecule has 2 aromatic heterocycles. The predicted octanol–water partition coefficient (Wildman–Crippen LogP) is 4.78. The summed E-state index contributed by atoms with van der Waals surface area (Å²) in [7, 11) is 1.84. The molecule has 2 aliphatic heterocycles. The van der Waals surface area contributed by atoms with Gasteiger partial charge in [-0.05, 0) is 77.6 Å². The first-order valence-corrected chi connectivity index (χ1v) is 14.6. The van der Waals surface area contributed by atoms with Crippen molar-refractivity contribution in [3.05, 3.63) is 57.9 Å². The van der Waals surface area contributed by atoms with Crippen LogP contribution >= 0.6 is 22.6 Å². The van der Waals surface area contributed by atoms with E-state index in [1.807, 2.05) is 54.2 Å². The number of likely N-dealkylation sites (tertiary alicyclic amines) is 1. The molecule has 9 nitrogen and oxygen atoms in total. The molecule has 0 bridgehead atoms. The largest absolute Gasteiger partial charge is 0.479 e. The normalized spacial score (nSPS) is 19.2. The van der Waals surface area contributed by atoms with Gasteiger partial charge in [-0.2, -0.15) is 10.2 Å². The molecular formula is C30H30IN5O4. The van der Waals surface area contributed by atoms with Crippen LogP contribution in [0.15, 0.2) is 48.7 Å². The Morgan fingerprint density at radius 3 is 2.88 bits per heavy atom. The highest BCUT2D eigenvalue weighted by Gasteiger charge is 2.33. The highest BCUT2D eigenvalue weighted by Crippen LogP contribution is 2.34. The molecule has 0 N–H and O–H groups in total. The molecule has 4 heterocycles. The zero-order valence-electron chi connectivity index (χ0n) is 22.3. The molecule has 2 unspecified atom stereocenters. The molecule has 2 atom stereocenters. The third-order valence-corrected chi connectivity index (χ3v) is 8.31. The van der Waals surface area contributed by atoms with E-state index in [9.17, 15) is 4.79 Å². The van der Waals surface area contributed by atoms with E-state index < -0.39 is 6.10 Å². The van der Waals surface area contributed by atoms with Gasteiger partial charge < -0.3 is 19.1 Å². The summed E-state index contributed by atoms with van der Waals surface area (Å²) in [6.45, 7) is 2.16. The molecule has 0 radical (unpaired) electrons. The van der Waals surface area contributed by atoms with E-state index in [4.69, 9.17) is 20.6 Å². The highest BCUT2D eigenvalue weighted by atomic mass is 127. The highest BCUT2D eigenvalue weighted by molar-refractivity contribution is 14.1. The van der Waals surface area contributed by atoms with Gasteiger partial charge in [0, 0.05) is 32.0 Å². The van der Waals surface area contributed by atoms with Crippen molar-refractivity contribution in [1.29, 1.82) is 0 Å². The van der Waals surface area contributed by atoms with E-state index in [-0.39, 0.29) is 12.1 Å². The van der Waals surface area contributed by atoms with Crippen molar-refractivity contribution in [2.45, 2.75) is 38.0 Å². The second kappa shape index (κ2) is 11.5. The number of hydrogen-bond donors (Lipinski definition) is 0. The van der Waals surface area contributed by atoms with Gasteiger partial charge in [0.25, 0.3) is 5.91 Å². The number of ether oxygens (including phenoxy) is 3. The van der Waals surface area contributed by atoms with E-state index in [2.05, 4.69) is 38.7 Å². The van der Waals surface area contributed by atoms with Crippen LogP contribution in [0.25, 0.3) is 22.0 Å². The average molecular weight is 652 g/mol. The van der Waals surface area contributed by atoms with Crippen molar-refractivity contribution < 1.29 is 19.0 Å². The molecule has 1 amide bonds. The van der Waals surface area contributed by atoms with E-state index in [1.54, 1.807) is 15.8 Å². The van der Waals surface area contributed by atoms with Crippen LogP contribution in [0.4, 0.5) is 0 Å². The van der Waals surface area contributed by atoms with E-state index in [0.29, 0.717) is 37.7 Å². The number of rotatable bonds is 8. The molecule has 2 fully saturated rings.